The lowest BCUT2D eigenvalue weighted by molar-refractivity contribution is -0.611. The molecule has 31 heavy (non-hydrogen) atoms. The second-order valence-electron chi connectivity index (χ2n) is 7.38. The summed E-state index contributed by atoms with van der Waals surface area (Å²) < 4.78 is 29.7. The van der Waals surface area contributed by atoms with E-state index in [0.717, 1.165) is 11.3 Å². The molecule has 9 heteroatoms. The number of halogens is 2. The lowest BCUT2D eigenvalue weighted by Gasteiger charge is -2.10. The number of carbonyl (C=O) groups is 1. The Balaban J connectivity index is 1.52. The van der Waals surface area contributed by atoms with Crippen molar-refractivity contribution in [3.05, 3.63) is 83.6 Å². The van der Waals surface area contributed by atoms with Crippen LogP contribution in [0, 0.1) is 24.1 Å². The summed E-state index contributed by atoms with van der Waals surface area (Å²) >= 11 is 0. The second kappa shape index (κ2) is 8.57. The highest BCUT2D eigenvalue weighted by atomic mass is 19.1. The molecule has 1 amide bonds. The molecule has 2 heterocycles. The molecule has 4 rings (SSSR count). The third kappa shape index (κ3) is 4.41. The molecule has 1 aliphatic heterocycles. The van der Waals surface area contributed by atoms with Gasteiger partial charge < -0.3 is 15.2 Å². The van der Waals surface area contributed by atoms with Gasteiger partial charge in [0.2, 0.25) is 0 Å². The molecule has 1 aliphatic rings. The number of anilines is 1. The number of aryl methyl sites for hydroxylation is 2. The smallest absolute Gasteiger partial charge is 0.283 e. The van der Waals surface area contributed by atoms with Crippen LogP contribution in [0.25, 0.3) is 11.4 Å². The number of benzene rings is 2. The van der Waals surface area contributed by atoms with E-state index in [1.807, 2.05) is 6.92 Å². The molecule has 1 aromatic heterocycles. The van der Waals surface area contributed by atoms with Gasteiger partial charge in [0.1, 0.15) is 23.5 Å². The highest BCUT2D eigenvalue weighted by Crippen LogP contribution is 2.23. The molecule has 158 valence electrons. The number of fused-ring (bicyclic) bond motifs is 1. The number of rotatable bonds is 5. The van der Waals surface area contributed by atoms with Crippen LogP contribution < -0.4 is 10.6 Å². The Morgan fingerprint density at radius 3 is 2.87 bits per heavy atom. The van der Waals surface area contributed by atoms with E-state index in [9.17, 15) is 13.6 Å². The van der Waals surface area contributed by atoms with Gasteiger partial charge in [-0.25, -0.2) is 19.3 Å². The Kier molecular flexibility index (Phi) is 5.68. The van der Waals surface area contributed by atoms with Gasteiger partial charge in [0, 0.05) is 23.9 Å². The van der Waals surface area contributed by atoms with Gasteiger partial charge in [-0.3, -0.25) is 4.79 Å². The van der Waals surface area contributed by atoms with Crippen molar-refractivity contribution in [2.45, 2.75) is 25.8 Å². The number of quaternary nitrogens is 1. The van der Waals surface area contributed by atoms with E-state index < -0.39 is 11.9 Å². The fourth-order valence-electron chi connectivity index (χ4n) is 3.58. The van der Waals surface area contributed by atoms with Gasteiger partial charge in [-0.15, -0.1) is 0 Å². The largest absolute Gasteiger partial charge is 0.321 e. The standard InChI is InChI=1S/C22H20F2N6O/c1-13-11-30(12-27-13)21-7-3-15(9-17(21)24)20(29-25)10-26-19-5-2-14-8-16(23)4-6-18(14)28-22(19)31/h3-4,6-12,19,25-26H,2,5H2,1H3,(H,28,31)/p+1/b20-10-,29-25?. The predicted octanol–water partition coefficient (Wildman–Crippen LogP) is 3.31. The molecule has 0 saturated carbocycles. The van der Waals surface area contributed by atoms with Gasteiger partial charge in [-0.1, -0.05) is 6.07 Å². The van der Waals surface area contributed by atoms with Crippen molar-refractivity contribution in [3.63, 3.8) is 0 Å². The number of hydrogen-bond acceptors (Lipinski definition) is 4. The maximum atomic E-state index is 14.7. The van der Waals surface area contributed by atoms with Crippen LogP contribution in [0.2, 0.25) is 0 Å². The predicted molar refractivity (Wildman–Crippen MR) is 110 cm³/mol. The normalized spacial score (nSPS) is 16.4. The Bertz CT molecular complexity index is 1190. The second-order valence-corrected chi connectivity index (χ2v) is 7.38. The van der Waals surface area contributed by atoms with E-state index in [2.05, 4.69) is 15.4 Å². The monoisotopic (exact) mass is 423 g/mol. The fourth-order valence-corrected chi connectivity index (χ4v) is 3.58. The van der Waals surface area contributed by atoms with Crippen LogP contribution in [-0.2, 0) is 11.2 Å². The minimum atomic E-state index is -0.481. The number of imidazole rings is 1. The fraction of sp³-hybridized carbons (Fsp3) is 0.182. The molecule has 4 N–H and O–H groups in total. The van der Waals surface area contributed by atoms with Crippen molar-refractivity contribution in [2.75, 3.05) is 5.32 Å². The molecule has 3 aromatic rings. The summed E-state index contributed by atoms with van der Waals surface area (Å²) in [6.45, 7) is 1.82. The molecule has 0 bridgehead atoms. The van der Waals surface area contributed by atoms with Gasteiger partial charge in [-0.05, 0) is 49.2 Å². The van der Waals surface area contributed by atoms with Crippen LogP contribution in [0.5, 0.6) is 0 Å². The van der Waals surface area contributed by atoms with Crippen molar-refractivity contribution < 1.29 is 18.9 Å². The molecule has 7 nitrogen and oxygen atoms in total. The summed E-state index contributed by atoms with van der Waals surface area (Å²) in [5.41, 5.74) is 10.6. The Morgan fingerprint density at radius 2 is 2.16 bits per heavy atom. The average molecular weight is 423 g/mol. The van der Waals surface area contributed by atoms with Crippen LogP contribution in [0.3, 0.4) is 0 Å². The minimum Gasteiger partial charge on any atom is -0.321 e. The van der Waals surface area contributed by atoms with E-state index in [4.69, 9.17) is 5.53 Å². The molecule has 0 spiro atoms. The van der Waals surface area contributed by atoms with Crippen LogP contribution in [0.1, 0.15) is 23.2 Å². The highest BCUT2D eigenvalue weighted by Gasteiger charge is 2.26. The third-order valence-electron chi connectivity index (χ3n) is 5.23. The first-order valence-corrected chi connectivity index (χ1v) is 9.77. The number of carbonyl (C=O) groups excluding carboxylic acids is 1. The SMILES string of the molecule is Cc1cn(-c2ccc(/C(=C/[NH2+]C3CCc4cc(F)ccc4NC3=O)N=N)cc2F)cn1. The van der Waals surface area contributed by atoms with Crippen LogP contribution >= 0.6 is 0 Å². The van der Waals surface area contributed by atoms with Gasteiger partial charge in [0.05, 0.1) is 17.7 Å². The molecule has 0 radical (unpaired) electrons. The molecular weight excluding hydrogens is 402 g/mol. The minimum absolute atomic E-state index is 0.219. The Hall–Kier alpha value is -3.72. The van der Waals surface area contributed by atoms with Crippen LogP contribution in [-0.4, -0.2) is 21.5 Å². The number of nitrogens with zero attached hydrogens (tertiary/aromatic N) is 3. The molecule has 0 aliphatic carbocycles. The maximum absolute atomic E-state index is 14.7. The topological polar surface area (TPSA) is 99.7 Å². The zero-order chi connectivity index (χ0) is 22.0. The third-order valence-corrected chi connectivity index (χ3v) is 5.23. The molecular formula is C22H21F2N6O+. The van der Waals surface area contributed by atoms with E-state index in [0.29, 0.717) is 29.8 Å². The summed E-state index contributed by atoms with van der Waals surface area (Å²) in [6.07, 6.45) is 5.80. The number of nitrogens with one attached hydrogen (secondary N) is 2. The molecule has 2 aromatic carbocycles. The van der Waals surface area contributed by atoms with E-state index in [-0.39, 0.29) is 17.4 Å². The van der Waals surface area contributed by atoms with Gasteiger partial charge in [-0.2, -0.15) is 5.11 Å². The lowest BCUT2D eigenvalue weighted by Crippen LogP contribution is -2.87. The summed E-state index contributed by atoms with van der Waals surface area (Å²) in [6, 6.07) is 8.36. The van der Waals surface area contributed by atoms with Crippen LogP contribution in [0.4, 0.5) is 14.5 Å². The zero-order valence-corrected chi connectivity index (χ0v) is 16.8. The summed E-state index contributed by atoms with van der Waals surface area (Å²) in [4.78, 5) is 16.6. The van der Waals surface area contributed by atoms with Crippen LogP contribution in [0.15, 0.2) is 60.2 Å². The van der Waals surface area contributed by atoms with Gasteiger partial charge in [0.15, 0.2) is 6.04 Å². The number of aromatic nitrogens is 2. The van der Waals surface area contributed by atoms with Crippen molar-refractivity contribution in [2.24, 2.45) is 5.11 Å². The van der Waals surface area contributed by atoms with Crippen molar-refractivity contribution in [1.82, 2.24) is 9.55 Å². The van der Waals surface area contributed by atoms with E-state index >= 15 is 0 Å². The lowest BCUT2D eigenvalue weighted by atomic mass is 10.1. The summed E-state index contributed by atoms with van der Waals surface area (Å²) in [5, 5.41) is 7.96. The molecule has 1 atom stereocenters. The van der Waals surface area contributed by atoms with Gasteiger partial charge >= 0.3 is 0 Å². The highest BCUT2D eigenvalue weighted by molar-refractivity contribution is 5.95. The first-order valence-electron chi connectivity index (χ1n) is 9.77. The van der Waals surface area contributed by atoms with E-state index in [1.54, 1.807) is 40.5 Å². The number of amides is 1. The Morgan fingerprint density at radius 1 is 1.32 bits per heavy atom. The number of hydrogen-bond donors (Lipinski definition) is 3. The molecule has 0 fully saturated rings. The van der Waals surface area contributed by atoms with Crippen molar-refractivity contribution in [1.29, 1.82) is 5.53 Å². The summed E-state index contributed by atoms with van der Waals surface area (Å²) in [5.74, 6) is -1.04. The maximum Gasteiger partial charge on any atom is 0.283 e. The number of nitrogens with two attached hydrogens (primary N) is 1. The van der Waals surface area contributed by atoms with Gasteiger partial charge in [0.25, 0.3) is 5.91 Å². The molecule has 0 saturated heterocycles. The van der Waals surface area contributed by atoms with Crippen molar-refractivity contribution in [3.8, 4) is 5.69 Å². The first kappa shape index (κ1) is 20.5. The average Bonchev–Trinajstić information content (AvgIpc) is 3.11. The summed E-state index contributed by atoms with van der Waals surface area (Å²) in [7, 11) is 0. The van der Waals surface area contributed by atoms with Crippen molar-refractivity contribution >= 4 is 17.3 Å². The first-order chi connectivity index (χ1) is 14.9. The quantitative estimate of drug-likeness (QED) is 0.549. The zero-order valence-electron chi connectivity index (χ0n) is 16.8. The van der Waals surface area contributed by atoms with E-state index in [1.165, 1.54) is 24.5 Å². The Labute approximate surface area is 177 Å². The molecule has 1 unspecified atom stereocenters.